The maximum atomic E-state index is 11.1. The number of benzene rings is 1. The van der Waals surface area contributed by atoms with Crippen molar-refractivity contribution in [1.82, 2.24) is 5.32 Å². The molecule has 3 heteroatoms. The second kappa shape index (κ2) is 6.20. The average Bonchev–Trinajstić information content (AvgIpc) is 3.15. The lowest BCUT2D eigenvalue weighted by Gasteiger charge is -2.13. The van der Waals surface area contributed by atoms with Gasteiger partial charge in [-0.3, -0.25) is 4.79 Å². The van der Waals surface area contributed by atoms with Crippen LogP contribution in [0.15, 0.2) is 24.3 Å². The largest absolute Gasteiger partial charge is 0.480 e. The van der Waals surface area contributed by atoms with E-state index in [0.717, 1.165) is 24.8 Å². The molecule has 3 nitrogen and oxygen atoms in total. The second-order valence-electron chi connectivity index (χ2n) is 5.95. The van der Waals surface area contributed by atoms with Gasteiger partial charge < -0.3 is 10.4 Å². The van der Waals surface area contributed by atoms with E-state index < -0.39 is 5.97 Å². The molecule has 1 atom stereocenters. The molecule has 1 aliphatic rings. The Kier molecular flexibility index (Phi) is 4.59. The normalized spacial score (nSPS) is 16.6. The first-order valence-corrected chi connectivity index (χ1v) is 7.10. The van der Waals surface area contributed by atoms with Crippen LogP contribution < -0.4 is 5.32 Å². The Morgan fingerprint density at radius 2 is 1.84 bits per heavy atom. The van der Waals surface area contributed by atoms with E-state index in [4.69, 9.17) is 5.11 Å². The number of hydrogen-bond donors (Lipinski definition) is 2. The lowest BCUT2D eigenvalue weighted by Crippen LogP contribution is -2.38. The van der Waals surface area contributed by atoms with Crippen molar-refractivity contribution in [3.8, 4) is 0 Å². The quantitative estimate of drug-likeness (QED) is 0.793. The molecule has 19 heavy (non-hydrogen) atoms. The summed E-state index contributed by atoms with van der Waals surface area (Å²) in [5.74, 6) is 0.270. The molecule has 0 radical (unpaired) electrons. The van der Waals surface area contributed by atoms with Gasteiger partial charge in [-0.25, -0.2) is 0 Å². The van der Waals surface area contributed by atoms with Gasteiger partial charge in [0, 0.05) is 6.54 Å². The van der Waals surface area contributed by atoms with E-state index >= 15 is 0 Å². The minimum atomic E-state index is -0.723. The lowest BCUT2D eigenvalue weighted by molar-refractivity contribution is -0.140. The van der Waals surface area contributed by atoms with Crippen molar-refractivity contribution in [2.45, 2.75) is 45.7 Å². The van der Waals surface area contributed by atoms with Gasteiger partial charge in [0.2, 0.25) is 0 Å². The zero-order chi connectivity index (χ0) is 13.8. The maximum absolute atomic E-state index is 11.1. The van der Waals surface area contributed by atoms with Crippen molar-refractivity contribution in [2.75, 3.05) is 0 Å². The highest BCUT2D eigenvalue weighted by Crippen LogP contribution is 2.32. The Morgan fingerprint density at radius 1 is 1.26 bits per heavy atom. The van der Waals surface area contributed by atoms with Gasteiger partial charge in [-0.15, -0.1) is 0 Å². The molecule has 2 rings (SSSR count). The summed E-state index contributed by atoms with van der Waals surface area (Å²) in [5, 5.41) is 12.3. The summed E-state index contributed by atoms with van der Waals surface area (Å²) in [7, 11) is 0. The van der Waals surface area contributed by atoms with Crippen LogP contribution >= 0.6 is 0 Å². The van der Waals surface area contributed by atoms with E-state index in [1.165, 1.54) is 5.56 Å². The first-order chi connectivity index (χ1) is 9.06. The molecule has 2 N–H and O–H groups in total. The molecule has 0 aromatic heterocycles. The Labute approximate surface area is 115 Å². The van der Waals surface area contributed by atoms with Crippen LogP contribution in [0.3, 0.4) is 0 Å². The van der Waals surface area contributed by atoms with E-state index in [1.807, 2.05) is 0 Å². The lowest BCUT2D eigenvalue weighted by atomic mass is 10.0. The zero-order valence-electron chi connectivity index (χ0n) is 11.7. The van der Waals surface area contributed by atoms with Crippen LogP contribution in [-0.2, 0) is 17.8 Å². The molecule has 1 aromatic rings. The summed E-state index contributed by atoms with van der Waals surface area (Å²) < 4.78 is 0. The highest BCUT2D eigenvalue weighted by molar-refractivity contribution is 5.74. The second-order valence-corrected chi connectivity index (χ2v) is 5.95. The summed E-state index contributed by atoms with van der Waals surface area (Å²) in [5.41, 5.74) is 2.50. The fourth-order valence-corrected chi connectivity index (χ4v) is 2.38. The number of nitrogens with one attached hydrogen (secondary N) is 1. The Bertz CT molecular complexity index is 421. The van der Waals surface area contributed by atoms with Gasteiger partial charge in [-0.2, -0.15) is 0 Å². The minimum absolute atomic E-state index is 0.331. The molecule has 1 aromatic carbocycles. The number of aliphatic carboxylic acids is 1. The Hall–Kier alpha value is -1.35. The summed E-state index contributed by atoms with van der Waals surface area (Å²) >= 11 is 0. The first kappa shape index (κ1) is 14.1. The maximum Gasteiger partial charge on any atom is 0.320 e. The monoisotopic (exact) mass is 261 g/mol. The number of rotatable bonds is 7. The summed E-state index contributed by atoms with van der Waals surface area (Å²) in [4.78, 5) is 11.1. The average molecular weight is 261 g/mol. The molecule has 1 saturated carbocycles. The molecule has 1 aliphatic carbocycles. The van der Waals surface area contributed by atoms with Gasteiger partial charge in [0.05, 0.1) is 0 Å². The van der Waals surface area contributed by atoms with Crippen LogP contribution in [0, 0.1) is 11.8 Å². The topological polar surface area (TPSA) is 49.3 Å². The predicted molar refractivity (Wildman–Crippen MR) is 76.0 cm³/mol. The van der Waals surface area contributed by atoms with Crippen LogP contribution in [0.25, 0.3) is 0 Å². The molecule has 0 heterocycles. The first-order valence-electron chi connectivity index (χ1n) is 7.10. The number of hydrogen-bond acceptors (Lipinski definition) is 2. The van der Waals surface area contributed by atoms with Crippen molar-refractivity contribution in [1.29, 1.82) is 0 Å². The summed E-state index contributed by atoms with van der Waals surface area (Å²) in [6.45, 7) is 5.06. The molecule has 0 bridgehead atoms. The van der Waals surface area contributed by atoms with E-state index in [1.54, 1.807) is 0 Å². The Morgan fingerprint density at radius 3 is 2.32 bits per heavy atom. The predicted octanol–water partition coefficient (Wildman–Crippen LogP) is 2.84. The molecule has 1 fully saturated rings. The van der Waals surface area contributed by atoms with Gasteiger partial charge in [0.1, 0.15) is 6.04 Å². The summed E-state index contributed by atoms with van der Waals surface area (Å²) in [6, 6.07) is 8.09. The molecule has 0 amide bonds. The SMILES string of the molecule is CC(C)Cc1ccc(CNC(C(=O)O)C2CC2)cc1. The smallest absolute Gasteiger partial charge is 0.320 e. The molecule has 1 unspecified atom stereocenters. The number of carbonyl (C=O) groups is 1. The highest BCUT2D eigenvalue weighted by Gasteiger charge is 2.35. The van der Waals surface area contributed by atoms with Gasteiger partial charge in [0.15, 0.2) is 0 Å². The number of carboxylic acids is 1. The van der Waals surface area contributed by atoms with Crippen LogP contribution in [-0.4, -0.2) is 17.1 Å². The molecule has 0 saturated heterocycles. The van der Waals surface area contributed by atoms with E-state index in [9.17, 15) is 4.79 Å². The molecular formula is C16H23NO2. The zero-order valence-corrected chi connectivity index (χ0v) is 11.7. The van der Waals surface area contributed by atoms with Crippen molar-refractivity contribution in [3.05, 3.63) is 35.4 Å². The van der Waals surface area contributed by atoms with Gasteiger partial charge in [0.25, 0.3) is 0 Å². The Balaban J connectivity index is 1.86. The third kappa shape index (κ3) is 4.35. The van der Waals surface area contributed by atoms with E-state index in [0.29, 0.717) is 18.4 Å². The third-order valence-electron chi connectivity index (χ3n) is 3.55. The van der Waals surface area contributed by atoms with Crippen molar-refractivity contribution >= 4 is 5.97 Å². The fourth-order valence-electron chi connectivity index (χ4n) is 2.38. The molecular weight excluding hydrogens is 238 g/mol. The molecule has 0 spiro atoms. The van der Waals surface area contributed by atoms with Gasteiger partial charge >= 0.3 is 5.97 Å². The van der Waals surface area contributed by atoms with Crippen LogP contribution in [0.2, 0.25) is 0 Å². The highest BCUT2D eigenvalue weighted by atomic mass is 16.4. The van der Waals surface area contributed by atoms with E-state index in [2.05, 4.69) is 43.4 Å². The number of carboxylic acid groups (broad SMARTS) is 1. The summed E-state index contributed by atoms with van der Waals surface area (Å²) in [6.07, 6.45) is 3.17. The fraction of sp³-hybridized carbons (Fsp3) is 0.562. The van der Waals surface area contributed by atoms with Gasteiger partial charge in [-0.1, -0.05) is 38.1 Å². The van der Waals surface area contributed by atoms with Crippen LogP contribution in [0.4, 0.5) is 0 Å². The third-order valence-corrected chi connectivity index (χ3v) is 3.55. The standard InChI is InChI=1S/C16H23NO2/c1-11(2)9-12-3-5-13(6-4-12)10-17-15(16(18)19)14-7-8-14/h3-6,11,14-15,17H,7-10H2,1-2H3,(H,18,19). The van der Waals surface area contributed by atoms with Gasteiger partial charge in [-0.05, 0) is 42.2 Å². The van der Waals surface area contributed by atoms with Crippen molar-refractivity contribution in [2.24, 2.45) is 11.8 Å². The van der Waals surface area contributed by atoms with Crippen LogP contribution in [0.5, 0.6) is 0 Å². The molecule has 104 valence electrons. The van der Waals surface area contributed by atoms with Crippen LogP contribution in [0.1, 0.15) is 37.8 Å². The minimum Gasteiger partial charge on any atom is -0.480 e. The van der Waals surface area contributed by atoms with Crippen molar-refractivity contribution in [3.63, 3.8) is 0 Å². The molecule has 0 aliphatic heterocycles. The van der Waals surface area contributed by atoms with Crippen molar-refractivity contribution < 1.29 is 9.90 Å². The van der Waals surface area contributed by atoms with E-state index in [-0.39, 0.29) is 6.04 Å².